The summed E-state index contributed by atoms with van der Waals surface area (Å²) in [6.45, 7) is 6.05. The van der Waals surface area contributed by atoms with Crippen LogP contribution in [0.25, 0.3) is 5.65 Å². The zero-order valence-electron chi connectivity index (χ0n) is 13.4. The molecule has 0 unspecified atom stereocenters. The summed E-state index contributed by atoms with van der Waals surface area (Å²) >= 11 is 5.96. The number of carbonyl (C=O) groups is 1. The van der Waals surface area contributed by atoms with Crippen LogP contribution in [-0.2, 0) is 11.2 Å². The van der Waals surface area contributed by atoms with Crippen LogP contribution in [0.1, 0.15) is 22.4 Å². The van der Waals surface area contributed by atoms with Crippen LogP contribution in [0.5, 0.6) is 0 Å². The summed E-state index contributed by atoms with van der Waals surface area (Å²) in [5.74, 6) is -0.0745. The fraction of sp³-hybridized carbons (Fsp3) is 0.222. The fourth-order valence-electron chi connectivity index (χ4n) is 2.83. The molecular weight excluding hydrogens is 310 g/mol. The molecule has 23 heavy (non-hydrogen) atoms. The van der Waals surface area contributed by atoms with Gasteiger partial charge < -0.3 is 9.72 Å². The lowest BCUT2D eigenvalue weighted by molar-refractivity contribution is -0.115. The molecule has 0 bridgehead atoms. The van der Waals surface area contributed by atoms with Gasteiger partial charge >= 0.3 is 0 Å². The van der Waals surface area contributed by atoms with E-state index < -0.39 is 0 Å². The second kappa shape index (κ2) is 6.05. The maximum atomic E-state index is 12.3. The highest BCUT2D eigenvalue weighted by Crippen LogP contribution is 2.22. The predicted molar refractivity (Wildman–Crippen MR) is 93.2 cm³/mol. The van der Waals surface area contributed by atoms with E-state index in [1.165, 1.54) is 5.56 Å². The van der Waals surface area contributed by atoms with Gasteiger partial charge in [0.2, 0.25) is 5.91 Å². The van der Waals surface area contributed by atoms with E-state index in [9.17, 15) is 4.79 Å². The number of halogens is 1. The minimum absolute atomic E-state index is 0.0745. The van der Waals surface area contributed by atoms with Crippen LogP contribution in [-0.4, -0.2) is 15.3 Å². The number of hydrogen-bond donors (Lipinski definition) is 1. The van der Waals surface area contributed by atoms with E-state index in [0.29, 0.717) is 10.7 Å². The van der Waals surface area contributed by atoms with E-state index in [1.54, 1.807) is 12.3 Å². The first-order chi connectivity index (χ1) is 10.9. The molecule has 0 spiro atoms. The topological polar surface area (TPSA) is 46.4 Å². The first kappa shape index (κ1) is 15.6. The zero-order valence-corrected chi connectivity index (χ0v) is 14.1. The number of imidazole rings is 1. The van der Waals surface area contributed by atoms with Gasteiger partial charge in [-0.3, -0.25) is 4.79 Å². The van der Waals surface area contributed by atoms with Crippen molar-refractivity contribution in [3.05, 3.63) is 64.1 Å². The maximum absolute atomic E-state index is 12.3. The number of aromatic nitrogens is 2. The largest absolute Gasteiger partial charge is 0.325 e. The average molecular weight is 328 g/mol. The van der Waals surface area contributed by atoms with Gasteiger partial charge in [-0.1, -0.05) is 29.3 Å². The lowest BCUT2D eigenvalue weighted by atomic mass is 10.0. The molecule has 0 aliphatic carbocycles. The average Bonchev–Trinajstić information content (AvgIpc) is 2.84. The number of carbonyl (C=O) groups excluding carboxylic acids is 1. The molecule has 1 amide bonds. The molecule has 0 aliphatic rings. The molecule has 5 heteroatoms. The van der Waals surface area contributed by atoms with Gasteiger partial charge in [0.1, 0.15) is 5.65 Å². The number of amides is 1. The zero-order chi connectivity index (χ0) is 16.6. The first-order valence-electron chi connectivity index (χ1n) is 7.43. The number of aryl methyl sites for hydroxylation is 3. The first-order valence-corrected chi connectivity index (χ1v) is 7.81. The van der Waals surface area contributed by atoms with Crippen LogP contribution in [0.2, 0.25) is 5.02 Å². The van der Waals surface area contributed by atoms with Gasteiger partial charge in [0, 0.05) is 18.1 Å². The highest BCUT2D eigenvalue weighted by molar-refractivity contribution is 6.30. The van der Waals surface area contributed by atoms with Crippen LogP contribution in [0.15, 0.2) is 36.7 Å². The van der Waals surface area contributed by atoms with Crippen LogP contribution in [0, 0.1) is 20.8 Å². The molecule has 3 aromatic rings. The summed E-state index contributed by atoms with van der Waals surface area (Å²) in [5, 5.41) is 3.63. The van der Waals surface area contributed by atoms with Gasteiger partial charge in [0.05, 0.1) is 17.1 Å². The van der Waals surface area contributed by atoms with E-state index in [-0.39, 0.29) is 12.3 Å². The highest BCUT2D eigenvalue weighted by Gasteiger charge is 2.11. The molecule has 3 rings (SSSR count). The number of pyridine rings is 1. The molecule has 2 heterocycles. The molecule has 1 N–H and O–H groups in total. The lowest BCUT2D eigenvalue weighted by Crippen LogP contribution is -2.16. The number of nitrogens with one attached hydrogen (secondary N) is 1. The third-order valence-electron chi connectivity index (χ3n) is 3.75. The van der Waals surface area contributed by atoms with Crippen LogP contribution in [0.3, 0.4) is 0 Å². The Balaban J connectivity index is 1.78. The number of fused-ring (bicyclic) bond motifs is 1. The van der Waals surface area contributed by atoms with Crippen molar-refractivity contribution in [2.75, 3.05) is 5.32 Å². The second-order valence-corrected chi connectivity index (χ2v) is 6.28. The number of benzene rings is 1. The van der Waals surface area contributed by atoms with E-state index in [1.807, 2.05) is 37.4 Å². The summed E-state index contributed by atoms with van der Waals surface area (Å²) in [6.07, 6.45) is 3.83. The molecule has 0 radical (unpaired) electrons. The van der Waals surface area contributed by atoms with Gasteiger partial charge in [-0.2, -0.15) is 0 Å². The Hall–Kier alpha value is -2.33. The number of hydrogen-bond acceptors (Lipinski definition) is 2. The number of rotatable bonds is 3. The van der Waals surface area contributed by atoms with Crippen molar-refractivity contribution in [2.45, 2.75) is 27.2 Å². The second-order valence-electron chi connectivity index (χ2n) is 5.84. The summed E-state index contributed by atoms with van der Waals surface area (Å²) in [4.78, 5) is 16.8. The van der Waals surface area contributed by atoms with Crippen molar-refractivity contribution in [3.8, 4) is 0 Å². The van der Waals surface area contributed by atoms with Crippen molar-refractivity contribution in [1.82, 2.24) is 9.38 Å². The lowest BCUT2D eigenvalue weighted by Gasteiger charge is -2.12. The van der Waals surface area contributed by atoms with E-state index in [4.69, 9.17) is 11.6 Å². The molecule has 1 aromatic carbocycles. The summed E-state index contributed by atoms with van der Waals surface area (Å²) in [7, 11) is 0. The van der Waals surface area contributed by atoms with Crippen LogP contribution in [0.4, 0.5) is 5.69 Å². The molecule has 0 fully saturated rings. The van der Waals surface area contributed by atoms with Crippen LogP contribution < -0.4 is 5.32 Å². The monoisotopic (exact) mass is 327 g/mol. The third-order valence-corrected chi connectivity index (χ3v) is 3.97. The molecule has 2 aromatic heterocycles. The Labute approximate surface area is 140 Å². The quantitative estimate of drug-likeness (QED) is 0.787. The Kier molecular flexibility index (Phi) is 4.09. The summed E-state index contributed by atoms with van der Waals surface area (Å²) < 4.78 is 1.83. The van der Waals surface area contributed by atoms with Gasteiger partial charge in [0.25, 0.3) is 0 Å². The van der Waals surface area contributed by atoms with Crippen LogP contribution >= 0.6 is 11.6 Å². The molecule has 4 nitrogen and oxygen atoms in total. The van der Waals surface area contributed by atoms with Crippen molar-refractivity contribution >= 4 is 28.8 Å². The van der Waals surface area contributed by atoms with Gasteiger partial charge in [-0.05, 0) is 44.0 Å². The highest BCUT2D eigenvalue weighted by atomic mass is 35.5. The van der Waals surface area contributed by atoms with E-state index >= 15 is 0 Å². The van der Waals surface area contributed by atoms with Gasteiger partial charge in [-0.25, -0.2) is 4.98 Å². The van der Waals surface area contributed by atoms with Crippen molar-refractivity contribution in [2.24, 2.45) is 0 Å². The number of nitrogens with zero attached hydrogens (tertiary/aromatic N) is 2. The van der Waals surface area contributed by atoms with Crippen molar-refractivity contribution < 1.29 is 4.79 Å². The minimum Gasteiger partial charge on any atom is -0.325 e. The number of anilines is 1. The Bertz CT molecular complexity index is 875. The maximum Gasteiger partial charge on any atom is 0.230 e. The SMILES string of the molecule is Cc1cc(C)c(NC(=O)Cc2cn3cc(Cl)ccc3n2)c(C)c1. The molecule has 0 saturated carbocycles. The molecule has 0 aliphatic heterocycles. The van der Waals surface area contributed by atoms with E-state index in [2.05, 4.69) is 22.4 Å². The minimum atomic E-state index is -0.0745. The smallest absolute Gasteiger partial charge is 0.230 e. The van der Waals surface area contributed by atoms with Gasteiger partial charge in [0.15, 0.2) is 0 Å². The van der Waals surface area contributed by atoms with Crippen molar-refractivity contribution in [3.63, 3.8) is 0 Å². The normalized spacial score (nSPS) is 11.0. The standard InChI is InChI=1S/C18H18ClN3O/c1-11-6-12(2)18(13(3)7-11)21-17(23)8-15-10-22-9-14(19)4-5-16(22)20-15/h4-7,9-10H,8H2,1-3H3,(H,21,23). The molecule has 0 saturated heterocycles. The van der Waals surface area contributed by atoms with Crippen molar-refractivity contribution in [1.29, 1.82) is 0 Å². The predicted octanol–water partition coefficient (Wildman–Crippen LogP) is 4.09. The Morgan fingerprint density at radius 2 is 1.87 bits per heavy atom. The summed E-state index contributed by atoms with van der Waals surface area (Å²) in [5.41, 5.74) is 5.70. The molecular formula is C18H18ClN3O. The third kappa shape index (κ3) is 3.37. The summed E-state index contributed by atoms with van der Waals surface area (Å²) in [6, 6.07) is 7.75. The molecule has 0 atom stereocenters. The molecule has 118 valence electrons. The Morgan fingerprint density at radius 3 is 2.57 bits per heavy atom. The van der Waals surface area contributed by atoms with E-state index in [0.717, 1.165) is 22.5 Å². The Morgan fingerprint density at radius 1 is 1.17 bits per heavy atom. The fourth-order valence-corrected chi connectivity index (χ4v) is 3.00. The van der Waals surface area contributed by atoms with Gasteiger partial charge in [-0.15, -0.1) is 0 Å².